The molecule has 1 aliphatic heterocycles. The van der Waals surface area contributed by atoms with Gasteiger partial charge < -0.3 is 10.6 Å². The molecule has 4 saturated carbocycles. The lowest BCUT2D eigenvalue weighted by molar-refractivity contribution is -0.103. The molecule has 0 bridgehead atoms. The molecular formula is C22H36N2. The second kappa shape index (κ2) is 5.02. The van der Waals surface area contributed by atoms with Crippen molar-refractivity contribution in [1.82, 2.24) is 4.90 Å². The van der Waals surface area contributed by atoms with Crippen molar-refractivity contribution in [2.24, 2.45) is 40.2 Å². The van der Waals surface area contributed by atoms with Gasteiger partial charge in [-0.3, -0.25) is 0 Å². The van der Waals surface area contributed by atoms with Gasteiger partial charge in [-0.05, 0) is 99.4 Å². The zero-order chi connectivity index (χ0) is 16.7. The summed E-state index contributed by atoms with van der Waals surface area (Å²) in [5.74, 6) is 3.90. The number of nitrogens with two attached hydrogens (primary N) is 1. The van der Waals surface area contributed by atoms with Crippen molar-refractivity contribution in [3.63, 3.8) is 0 Å². The molecule has 0 aromatic rings. The molecule has 4 aliphatic carbocycles. The number of fused-ring (bicyclic) bond motifs is 4. The molecular weight excluding hydrogens is 292 g/mol. The lowest BCUT2D eigenvalue weighted by atomic mass is 9.45. The van der Waals surface area contributed by atoms with Gasteiger partial charge in [0.2, 0.25) is 0 Å². The van der Waals surface area contributed by atoms with Gasteiger partial charge in [-0.15, -0.1) is 0 Å². The maximum absolute atomic E-state index is 6.34. The Morgan fingerprint density at radius 3 is 2.71 bits per heavy atom. The Hall–Kier alpha value is -0.500. The largest absolute Gasteiger partial charge is 0.377 e. The summed E-state index contributed by atoms with van der Waals surface area (Å²) in [6, 6.07) is 0.488. The van der Waals surface area contributed by atoms with E-state index in [2.05, 4.69) is 25.8 Å². The van der Waals surface area contributed by atoms with Crippen LogP contribution in [-0.2, 0) is 0 Å². The molecule has 7 atom stereocenters. The summed E-state index contributed by atoms with van der Waals surface area (Å²) in [6.45, 7) is 6.38. The first-order chi connectivity index (χ1) is 11.5. The number of hydrogen-bond donors (Lipinski definition) is 1. The lowest BCUT2D eigenvalue weighted by Crippen LogP contribution is -2.55. The summed E-state index contributed by atoms with van der Waals surface area (Å²) in [6.07, 6.45) is 12.8. The maximum Gasteiger partial charge on any atom is 0.0269 e. The van der Waals surface area contributed by atoms with Crippen LogP contribution in [0.1, 0.15) is 71.6 Å². The Bertz CT molecular complexity index is 581. The second-order valence-corrected chi connectivity index (χ2v) is 10.3. The SMILES string of the molecule is CC1=C2CC[C@@H]3[C@@H]4CC[C@H]5C[C@@H](N)CC[C@@]5(C)[C@H]4CC[C@]23CN1C. The summed E-state index contributed by atoms with van der Waals surface area (Å²) >= 11 is 0. The Balaban J connectivity index is 1.48. The normalized spacial score (nSPS) is 53.5. The van der Waals surface area contributed by atoms with Crippen LogP contribution in [0.15, 0.2) is 11.3 Å². The van der Waals surface area contributed by atoms with Crippen LogP contribution in [0.25, 0.3) is 0 Å². The number of hydrogen-bond acceptors (Lipinski definition) is 2. The second-order valence-electron chi connectivity index (χ2n) is 10.3. The van der Waals surface area contributed by atoms with Gasteiger partial charge in [0.05, 0.1) is 0 Å². The van der Waals surface area contributed by atoms with Crippen LogP contribution >= 0.6 is 0 Å². The van der Waals surface area contributed by atoms with Gasteiger partial charge in [0.25, 0.3) is 0 Å². The molecule has 0 unspecified atom stereocenters. The molecule has 0 aromatic carbocycles. The Morgan fingerprint density at radius 2 is 1.88 bits per heavy atom. The first-order valence-electron chi connectivity index (χ1n) is 10.6. The van der Waals surface area contributed by atoms with E-state index in [0.717, 1.165) is 23.7 Å². The van der Waals surface area contributed by atoms with Gasteiger partial charge in [-0.1, -0.05) is 6.92 Å². The summed E-state index contributed by atoms with van der Waals surface area (Å²) in [5, 5.41) is 0. The highest BCUT2D eigenvalue weighted by molar-refractivity contribution is 5.34. The summed E-state index contributed by atoms with van der Waals surface area (Å²) < 4.78 is 0. The van der Waals surface area contributed by atoms with Crippen LogP contribution < -0.4 is 5.73 Å². The van der Waals surface area contributed by atoms with Crippen LogP contribution in [0.5, 0.6) is 0 Å². The van der Waals surface area contributed by atoms with Crippen LogP contribution in [0.4, 0.5) is 0 Å². The van der Waals surface area contributed by atoms with E-state index in [1.807, 2.05) is 5.57 Å². The Morgan fingerprint density at radius 1 is 1.04 bits per heavy atom. The fourth-order valence-electron chi connectivity index (χ4n) is 8.53. The molecule has 5 aliphatic rings. The molecule has 0 amide bonds. The topological polar surface area (TPSA) is 29.3 Å². The minimum atomic E-state index is 0.488. The van der Waals surface area contributed by atoms with Crippen LogP contribution in [0.3, 0.4) is 0 Å². The molecule has 2 nitrogen and oxygen atoms in total. The minimum Gasteiger partial charge on any atom is -0.377 e. The average Bonchev–Trinajstić information content (AvgIpc) is 3.03. The molecule has 1 spiro atoms. The summed E-state index contributed by atoms with van der Waals surface area (Å²) in [4.78, 5) is 2.58. The first kappa shape index (κ1) is 15.7. The molecule has 2 N–H and O–H groups in total. The molecule has 0 aromatic heterocycles. The van der Waals surface area contributed by atoms with E-state index >= 15 is 0 Å². The van der Waals surface area contributed by atoms with Crippen molar-refractivity contribution in [3.05, 3.63) is 11.3 Å². The van der Waals surface area contributed by atoms with E-state index in [9.17, 15) is 0 Å². The molecule has 4 fully saturated rings. The third kappa shape index (κ3) is 1.82. The highest BCUT2D eigenvalue weighted by Gasteiger charge is 2.62. The van der Waals surface area contributed by atoms with Crippen molar-refractivity contribution in [1.29, 1.82) is 0 Å². The zero-order valence-electron chi connectivity index (χ0n) is 16.0. The molecule has 134 valence electrons. The third-order valence-electron chi connectivity index (χ3n) is 9.75. The summed E-state index contributed by atoms with van der Waals surface area (Å²) in [5.41, 5.74) is 11.0. The summed E-state index contributed by atoms with van der Waals surface area (Å²) in [7, 11) is 2.33. The van der Waals surface area contributed by atoms with Gasteiger partial charge in [-0.25, -0.2) is 0 Å². The molecule has 2 heteroatoms. The maximum atomic E-state index is 6.34. The van der Waals surface area contributed by atoms with Gasteiger partial charge in [0, 0.05) is 30.7 Å². The van der Waals surface area contributed by atoms with Crippen molar-refractivity contribution in [3.8, 4) is 0 Å². The minimum absolute atomic E-state index is 0.488. The zero-order valence-corrected chi connectivity index (χ0v) is 16.0. The van der Waals surface area contributed by atoms with E-state index in [1.54, 1.807) is 5.70 Å². The predicted octanol–water partition coefficient (Wildman–Crippen LogP) is 4.56. The van der Waals surface area contributed by atoms with Crippen LogP contribution in [0, 0.1) is 34.5 Å². The quantitative estimate of drug-likeness (QED) is 0.706. The van der Waals surface area contributed by atoms with Crippen molar-refractivity contribution in [2.45, 2.75) is 77.7 Å². The van der Waals surface area contributed by atoms with Gasteiger partial charge in [0.15, 0.2) is 0 Å². The van der Waals surface area contributed by atoms with E-state index in [-0.39, 0.29) is 0 Å². The van der Waals surface area contributed by atoms with Crippen molar-refractivity contribution < 1.29 is 0 Å². The van der Waals surface area contributed by atoms with E-state index in [1.165, 1.54) is 64.3 Å². The van der Waals surface area contributed by atoms with Crippen LogP contribution in [-0.4, -0.2) is 24.5 Å². The van der Waals surface area contributed by atoms with Gasteiger partial charge in [0.1, 0.15) is 0 Å². The molecule has 0 radical (unpaired) electrons. The highest BCUT2D eigenvalue weighted by atomic mass is 15.1. The molecule has 0 saturated heterocycles. The van der Waals surface area contributed by atoms with E-state index in [0.29, 0.717) is 16.9 Å². The number of nitrogens with zero attached hydrogens (tertiary/aromatic N) is 1. The molecule has 5 rings (SSSR count). The van der Waals surface area contributed by atoms with Crippen molar-refractivity contribution in [2.75, 3.05) is 13.6 Å². The first-order valence-corrected chi connectivity index (χ1v) is 10.6. The molecule has 1 heterocycles. The van der Waals surface area contributed by atoms with Crippen LogP contribution in [0.2, 0.25) is 0 Å². The average molecular weight is 329 g/mol. The lowest BCUT2D eigenvalue weighted by Gasteiger charge is -2.60. The van der Waals surface area contributed by atoms with E-state index in [4.69, 9.17) is 5.73 Å². The predicted molar refractivity (Wildman–Crippen MR) is 99.4 cm³/mol. The number of rotatable bonds is 0. The van der Waals surface area contributed by atoms with Gasteiger partial charge >= 0.3 is 0 Å². The third-order valence-corrected chi connectivity index (χ3v) is 9.75. The Labute approximate surface area is 148 Å². The van der Waals surface area contributed by atoms with Crippen molar-refractivity contribution >= 4 is 0 Å². The Kier molecular flexibility index (Phi) is 3.29. The van der Waals surface area contributed by atoms with Gasteiger partial charge in [-0.2, -0.15) is 0 Å². The standard InChI is InChI=1S/C22H36N2/c1-14-18-6-7-20-17-5-4-15-12-16(23)8-10-21(15,2)19(17)9-11-22(18,20)13-24(14)3/h15-17,19-20H,4-13,23H2,1-3H3/t15-,16-,17+,19-,20+,21+,22-/m0/s1. The fourth-order valence-corrected chi connectivity index (χ4v) is 8.53. The fraction of sp³-hybridized carbons (Fsp3) is 0.909. The molecule has 24 heavy (non-hydrogen) atoms. The number of allylic oxidation sites excluding steroid dienone is 1. The monoisotopic (exact) mass is 328 g/mol. The highest BCUT2D eigenvalue weighted by Crippen LogP contribution is 2.69. The van der Waals surface area contributed by atoms with E-state index < -0.39 is 0 Å². The smallest absolute Gasteiger partial charge is 0.0269 e.